The van der Waals surface area contributed by atoms with Gasteiger partial charge >= 0.3 is 5.97 Å². The molecule has 0 bridgehead atoms. The van der Waals surface area contributed by atoms with Crippen LogP contribution in [0, 0.1) is 6.92 Å². The zero-order chi connectivity index (χ0) is 13.8. The summed E-state index contributed by atoms with van der Waals surface area (Å²) >= 11 is 5.38. The smallest absolute Gasteiger partial charge is 0.317 e. The van der Waals surface area contributed by atoms with Gasteiger partial charge in [-0.15, -0.1) is 11.3 Å². The topological polar surface area (TPSA) is 43.8 Å². The van der Waals surface area contributed by atoms with E-state index in [1.54, 1.807) is 0 Å². The molecular formula is C13H19BrN2O2S. The fraction of sp³-hybridized carbons (Fsp3) is 0.615. The quantitative estimate of drug-likeness (QED) is 0.909. The van der Waals surface area contributed by atoms with E-state index in [0.29, 0.717) is 0 Å². The molecule has 2 rings (SSSR count). The third-order valence-corrected chi connectivity index (χ3v) is 5.45. The fourth-order valence-electron chi connectivity index (χ4n) is 2.35. The number of nitrogens with zero attached hydrogens (tertiary/aromatic N) is 2. The molecule has 2 heterocycles. The predicted octanol–water partition coefficient (Wildman–Crippen LogP) is 2.41. The zero-order valence-corrected chi connectivity index (χ0v) is 13.5. The molecular weight excluding hydrogens is 328 g/mol. The van der Waals surface area contributed by atoms with Gasteiger partial charge in [0.25, 0.3) is 0 Å². The predicted molar refractivity (Wildman–Crippen MR) is 80.7 cm³/mol. The average Bonchev–Trinajstić information content (AvgIpc) is 2.51. The first kappa shape index (κ1) is 15.0. The number of carboxylic acids is 1. The van der Waals surface area contributed by atoms with E-state index in [2.05, 4.69) is 33.8 Å². The van der Waals surface area contributed by atoms with Gasteiger partial charge in [0.05, 0.1) is 6.54 Å². The molecule has 1 aromatic rings. The van der Waals surface area contributed by atoms with Crippen LogP contribution in [0.2, 0.25) is 0 Å². The van der Waals surface area contributed by atoms with Crippen molar-refractivity contribution in [3.63, 3.8) is 0 Å². The highest BCUT2D eigenvalue weighted by molar-refractivity contribution is 9.10. The standard InChI is InChI=1S/C13H19BrN2O2S/c1-10-12(14)7-11(19-10)8-15-3-2-4-16(6-5-15)9-13(17)18/h7H,2-6,8-9H2,1H3,(H,17,18). The molecule has 0 amide bonds. The van der Waals surface area contributed by atoms with Gasteiger partial charge in [-0.1, -0.05) is 0 Å². The summed E-state index contributed by atoms with van der Waals surface area (Å²) in [6.07, 6.45) is 1.04. The Bertz CT molecular complexity index is 430. The highest BCUT2D eigenvalue weighted by Crippen LogP contribution is 2.27. The first-order chi connectivity index (χ1) is 9.04. The van der Waals surface area contributed by atoms with Crippen LogP contribution in [-0.2, 0) is 11.3 Å². The lowest BCUT2D eigenvalue weighted by Gasteiger charge is -2.20. The second-order valence-electron chi connectivity index (χ2n) is 4.92. The van der Waals surface area contributed by atoms with Crippen LogP contribution in [0.3, 0.4) is 0 Å². The zero-order valence-electron chi connectivity index (χ0n) is 11.1. The Morgan fingerprint density at radius 1 is 1.37 bits per heavy atom. The summed E-state index contributed by atoms with van der Waals surface area (Å²) in [5.74, 6) is -0.730. The van der Waals surface area contributed by atoms with Gasteiger partial charge in [-0.2, -0.15) is 0 Å². The largest absolute Gasteiger partial charge is 0.480 e. The average molecular weight is 347 g/mol. The Morgan fingerprint density at radius 2 is 2.05 bits per heavy atom. The van der Waals surface area contributed by atoms with Crippen LogP contribution in [0.4, 0.5) is 0 Å². The van der Waals surface area contributed by atoms with Crippen LogP contribution >= 0.6 is 27.3 Å². The molecule has 4 nitrogen and oxygen atoms in total. The number of thiophene rings is 1. The number of hydrogen-bond donors (Lipinski definition) is 1. The van der Waals surface area contributed by atoms with Crippen LogP contribution in [0.1, 0.15) is 16.2 Å². The highest BCUT2D eigenvalue weighted by Gasteiger charge is 2.17. The molecule has 0 atom stereocenters. The van der Waals surface area contributed by atoms with Gasteiger partial charge in [-0.25, -0.2) is 0 Å². The van der Waals surface area contributed by atoms with Crippen molar-refractivity contribution in [2.75, 3.05) is 32.7 Å². The molecule has 0 radical (unpaired) electrons. The summed E-state index contributed by atoms with van der Waals surface area (Å²) in [5.41, 5.74) is 0. The first-order valence-electron chi connectivity index (χ1n) is 6.46. The van der Waals surface area contributed by atoms with E-state index in [-0.39, 0.29) is 6.54 Å². The van der Waals surface area contributed by atoms with E-state index in [1.165, 1.54) is 14.2 Å². The van der Waals surface area contributed by atoms with E-state index in [0.717, 1.165) is 39.1 Å². The maximum atomic E-state index is 10.7. The van der Waals surface area contributed by atoms with E-state index in [4.69, 9.17) is 5.11 Å². The van der Waals surface area contributed by atoms with Gasteiger partial charge in [-0.05, 0) is 41.9 Å². The molecule has 0 saturated carbocycles. The lowest BCUT2D eigenvalue weighted by Crippen LogP contribution is -2.33. The van der Waals surface area contributed by atoms with Gasteiger partial charge in [-0.3, -0.25) is 14.6 Å². The summed E-state index contributed by atoms with van der Waals surface area (Å²) in [4.78, 5) is 17.9. The molecule has 106 valence electrons. The summed E-state index contributed by atoms with van der Waals surface area (Å²) in [6.45, 7) is 6.98. The third-order valence-electron chi connectivity index (χ3n) is 3.33. The van der Waals surface area contributed by atoms with Crippen LogP contribution in [0.15, 0.2) is 10.5 Å². The van der Waals surface area contributed by atoms with E-state index in [1.807, 2.05) is 16.2 Å². The minimum atomic E-state index is -0.730. The second kappa shape index (κ2) is 6.83. The minimum absolute atomic E-state index is 0.164. The normalized spacial score (nSPS) is 18.4. The second-order valence-corrected chi connectivity index (χ2v) is 7.11. The Hall–Kier alpha value is -0.430. The van der Waals surface area contributed by atoms with Crippen molar-refractivity contribution in [3.05, 3.63) is 20.3 Å². The Balaban J connectivity index is 1.87. The minimum Gasteiger partial charge on any atom is -0.480 e. The van der Waals surface area contributed by atoms with E-state index in [9.17, 15) is 4.79 Å². The van der Waals surface area contributed by atoms with Crippen LogP contribution < -0.4 is 0 Å². The number of aliphatic carboxylic acids is 1. The van der Waals surface area contributed by atoms with Crippen molar-refractivity contribution >= 4 is 33.2 Å². The molecule has 1 aromatic heterocycles. The van der Waals surface area contributed by atoms with Gasteiger partial charge in [0, 0.05) is 40.4 Å². The number of hydrogen-bond acceptors (Lipinski definition) is 4. The molecule has 1 saturated heterocycles. The summed E-state index contributed by atoms with van der Waals surface area (Å²) in [5, 5.41) is 8.83. The monoisotopic (exact) mass is 346 g/mol. The van der Waals surface area contributed by atoms with Gasteiger partial charge < -0.3 is 5.11 Å². The first-order valence-corrected chi connectivity index (χ1v) is 8.07. The molecule has 0 unspecified atom stereocenters. The Labute approximate surface area is 126 Å². The highest BCUT2D eigenvalue weighted by atomic mass is 79.9. The van der Waals surface area contributed by atoms with E-state index < -0.39 is 5.97 Å². The molecule has 1 fully saturated rings. The van der Waals surface area contributed by atoms with Crippen LogP contribution in [-0.4, -0.2) is 53.6 Å². The molecule has 0 aromatic carbocycles. The van der Waals surface area contributed by atoms with Crippen molar-refractivity contribution < 1.29 is 9.90 Å². The molecule has 0 aliphatic carbocycles. The number of halogens is 1. The van der Waals surface area contributed by atoms with Crippen molar-refractivity contribution in [1.29, 1.82) is 0 Å². The fourth-order valence-corrected chi connectivity index (χ4v) is 3.99. The SMILES string of the molecule is Cc1sc(CN2CCCN(CC(=O)O)CC2)cc1Br. The van der Waals surface area contributed by atoms with Gasteiger partial charge in [0.2, 0.25) is 0 Å². The third kappa shape index (κ3) is 4.56. The maximum absolute atomic E-state index is 10.7. The molecule has 1 aliphatic rings. The maximum Gasteiger partial charge on any atom is 0.317 e. The Morgan fingerprint density at radius 3 is 2.68 bits per heavy atom. The molecule has 1 aliphatic heterocycles. The summed E-state index contributed by atoms with van der Waals surface area (Å²) < 4.78 is 1.19. The van der Waals surface area contributed by atoms with Gasteiger partial charge in [0.1, 0.15) is 0 Å². The molecule has 0 spiro atoms. The van der Waals surface area contributed by atoms with Crippen molar-refractivity contribution in [2.24, 2.45) is 0 Å². The van der Waals surface area contributed by atoms with Crippen molar-refractivity contribution in [1.82, 2.24) is 9.80 Å². The number of rotatable bonds is 4. The summed E-state index contributed by atoms with van der Waals surface area (Å²) in [7, 11) is 0. The molecule has 6 heteroatoms. The number of aryl methyl sites for hydroxylation is 1. The lowest BCUT2D eigenvalue weighted by atomic mass is 10.3. The van der Waals surface area contributed by atoms with Crippen molar-refractivity contribution in [2.45, 2.75) is 19.9 Å². The lowest BCUT2D eigenvalue weighted by molar-refractivity contribution is -0.138. The number of carbonyl (C=O) groups is 1. The Kier molecular flexibility index (Phi) is 5.38. The van der Waals surface area contributed by atoms with Crippen LogP contribution in [0.5, 0.6) is 0 Å². The van der Waals surface area contributed by atoms with Gasteiger partial charge in [0.15, 0.2) is 0 Å². The number of carboxylic acid groups (broad SMARTS) is 1. The summed E-state index contributed by atoms with van der Waals surface area (Å²) in [6, 6.07) is 2.19. The molecule has 19 heavy (non-hydrogen) atoms. The van der Waals surface area contributed by atoms with Crippen LogP contribution in [0.25, 0.3) is 0 Å². The molecule has 1 N–H and O–H groups in total. The van der Waals surface area contributed by atoms with Crippen molar-refractivity contribution in [3.8, 4) is 0 Å². The van der Waals surface area contributed by atoms with E-state index >= 15 is 0 Å².